The van der Waals surface area contributed by atoms with Crippen molar-refractivity contribution in [3.05, 3.63) is 11.8 Å². The molecule has 1 rings (SSSR count). The van der Waals surface area contributed by atoms with Gasteiger partial charge in [0.15, 0.2) is 0 Å². The van der Waals surface area contributed by atoms with Crippen molar-refractivity contribution in [2.45, 2.75) is 52.6 Å². The molecule has 0 amide bonds. The molecule has 1 N–H and O–H groups in total. The molecule has 5 nitrogen and oxygen atoms in total. The van der Waals surface area contributed by atoms with Crippen LogP contribution in [0.1, 0.15) is 46.4 Å². The molecule has 5 heteroatoms. The van der Waals surface area contributed by atoms with Crippen LogP contribution < -0.4 is 0 Å². The van der Waals surface area contributed by atoms with Gasteiger partial charge in [0.1, 0.15) is 0 Å². The molecule has 0 aliphatic heterocycles. The highest BCUT2D eigenvalue weighted by atomic mass is 16.4. The van der Waals surface area contributed by atoms with Gasteiger partial charge in [-0.05, 0) is 13.8 Å². The highest BCUT2D eigenvalue weighted by Crippen LogP contribution is 2.20. The number of rotatable bonds is 5. The monoisotopic (exact) mass is 241 g/mol. The van der Waals surface area contributed by atoms with E-state index in [2.05, 4.69) is 28.9 Å². The molecule has 0 aromatic carbocycles. The summed E-state index contributed by atoms with van der Waals surface area (Å²) in [5, 5.41) is 17.1. The summed E-state index contributed by atoms with van der Waals surface area (Å²) in [4.78, 5) is 2.10. The second kappa shape index (κ2) is 5.60. The molecule has 0 saturated heterocycles. The summed E-state index contributed by atoms with van der Waals surface area (Å²) in [6, 6.07) is 0.340. The minimum Gasteiger partial charge on any atom is -0.423 e. The van der Waals surface area contributed by atoms with Gasteiger partial charge in [-0.3, -0.25) is 4.90 Å². The lowest BCUT2D eigenvalue weighted by atomic mass is 9.97. The minimum absolute atomic E-state index is 0.120. The Labute approximate surface area is 103 Å². The summed E-state index contributed by atoms with van der Waals surface area (Å²) in [5.74, 6) is 1.26. The van der Waals surface area contributed by atoms with Crippen molar-refractivity contribution in [2.75, 3.05) is 13.2 Å². The lowest BCUT2D eigenvalue weighted by Gasteiger charge is -2.23. The molecule has 1 aromatic heterocycles. The smallest absolute Gasteiger partial charge is 0.230 e. The number of hydrogen-bond acceptors (Lipinski definition) is 5. The Morgan fingerprint density at radius 3 is 2.35 bits per heavy atom. The molecule has 0 atom stereocenters. The van der Waals surface area contributed by atoms with E-state index in [-0.39, 0.29) is 12.0 Å². The lowest BCUT2D eigenvalue weighted by molar-refractivity contribution is 0.146. The van der Waals surface area contributed by atoms with Gasteiger partial charge in [-0.15, -0.1) is 10.2 Å². The Balaban J connectivity index is 2.70. The van der Waals surface area contributed by atoms with E-state index in [1.807, 2.05) is 20.8 Å². The van der Waals surface area contributed by atoms with Crippen LogP contribution in [-0.4, -0.2) is 39.4 Å². The third-order valence-corrected chi connectivity index (χ3v) is 2.56. The highest BCUT2D eigenvalue weighted by Gasteiger charge is 2.22. The Bertz CT molecular complexity index is 342. The van der Waals surface area contributed by atoms with Crippen LogP contribution in [0.2, 0.25) is 0 Å². The summed E-state index contributed by atoms with van der Waals surface area (Å²) in [6.07, 6.45) is 0. The molecule has 17 heavy (non-hydrogen) atoms. The van der Waals surface area contributed by atoms with Crippen molar-refractivity contribution < 1.29 is 9.52 Å². The largest absolute Gasteiger partial charge is 0.423 e. The van der Waals surface area contributed by atoms with E-state index in [1.54, 1.807) is 0 Å². The Kier molecular flexibility index (Phi) is 4.65. The molecule has 0 fully saturated rings. The first-order valence-electron chi connectivity index (χ1n) is 6.02. The normalized spacial score (nSPS) is 12.7. The van der Waals surface area contributed by atoms with Gasteiger partial charge in [0.25, 0.3) is 0 Å². The molecule has 0 bridgehead atoms. The third-order valence-electron chi connectivity index (χ3n) is 2.56. The minimum atomic E-state index is -0.120. The van der Waals surface area contributed by atoms with Gasteiger partial charge in [0.2, 0.25) is 11.8 Å². The van der Waals surface area contributed by atoms with Crippen molar-refractivity contribution in [2.24, 2.45) is 0 Å². The standard InChI is InChI=1S/C12H23N3O2/c1-9(2)15(6-7-16)8-10-13-14-11(17-10)12(3,4)5/h9,16H,6-8H2,1-5H3. The Hall–Kier alpha value is -0.940. The van der Waals surface area contributed by atoms with Crippen molar-refractivity contribution in [3.8, 4) is 0 Å². The summed E-state index contributed by atoms with van der Waals surface area (Å²) < 4.78 is 5.63. The topological polar surface area (TPSA) is 62.4 Å². The summed E-state index contributed by atoms with van der Waals surface area (Å²) >= 11 is 0. The predicted molar refractivity (Wildman–Crippen MR) is 65.6 cm³/mol. The first kappa shape index (κ1) is 14.1. The quantitative estimate of drug-likeness (QED) is 0.847. The fourth-order valence-corrected chi connectivity index (χ4v) is 1.44. The van der Waals surface area contributed by atoms with Gasteiger partial charge in [0.05, 0.1) is 13.2 Å². The lowest BCUT2D eigenvalue weighted by Crippen LogP contribution is -2.33. The fourth-order valence-electron chi connectivity index (χ4n) is 1.44. The Morgan fingerprint density at radius 1 is 1.29 bits per heavy atom. The zero-order chi connectivity index (χ0) is 13.1. The first-order valence-corrected chi connectivity index (χ1v) is 6.02. The van der Waals surface area contributed by atoms with Crippen molar-refractivity contribution in [3.63, 3.8) is 0 Å². The predicted octanol–water partition coefficient (Wildman–Crippen LogP) is 1.57. The van der Waals surface area contributed by atoms with Crippen molar-refractivity contribution in [1.82, 2.24) is 15.1 Å². The van der Waals surface area contributed by atoms with Gasteiger partial charge >= 0.3 is 0 Å². The summed E-state index contributed by atoms with van der Waals surface area (Å²) in [6.45, 7) is 11.6. The average molecular weight is 241 g/mol. The second-order valence-electron chi connectivity index (χ2n) is 5.54. The highest BCUT2D eigenvalue weighted by molar-refractivity contribution is 4.96. The zero-order valence-corrected chi connectivity index (χ0v) is 11.4. The average Bonchev–Trinajstić information content (AvgIpc) is 2.64. The maximum Gasteiger partial charge on any atom is 0.230 e. The molecule has 98 valence electrons. The molecule has 0 aliphatic rings. The molecule has 0 unspecified atom stereocenters. The van der Waals surface area contributed by atoms with Gasteiger partial charge in [-0.25, -0.2) is 0 Å². The third kappa shape index (κ3) is 4.09. The van der Waals surface area contributed by atoms with Gasteiger partial charge in [0, 0.05) is 18.0 Å². The molecule has 0 aliphatic carbocycles. The van der Waals surface area contributed by atoms with E-state index in [9.17, 15) is 0 Å². The van der Waals surface area contributed by atoms with E-state index < -0.39 is 0 Å². The first-order chi connectivity index (χ1) is 7.84. The van der Waals surface area contributed by atoms with Crippen LogP contribution in [0.4, 0.5) is 0 Å². The molecular formula is C12H23N3O2. The summed E-state index contributed by atoms with van der Waals surface area (Å²) in [5.41, 5.74) is -0.120. The number of hydrogen-bond donors (Lipinski definition) is 1. The number of nitrogens with zero attached hydrogens (tertiary/aromatic N) is 3. The van der Waals surface area contributed by atoms with Gasteiger partial charge < -0.3 is 9.52 Å². The van der Waals surface area contributed by atoms with E-state index in [4.69, 9.17) is 9.52 Å². The Morgan fingerprint density at radius 2 is 1.94 bits per heavy atom. The van der Waals surface area contributed by atoms with Crippen molar-refractivity contribution >= 4 is 0 Å². The maximum atomic E-state index is 8.99. The van der Waals surface area contributed by atoms with Crippen molar-refractivity contribution in [1.29, 1.82) is 0 Å². The second-order valence-corrected chi connectivity index (χ2v) is 5.54. The van der Waals surface area contributed by atoms with E-state index in [0.717, 1.165) is 0 Å². The number of aliphatic hydroxyl groups is 1. The van der Waals surface area contributed by atoms with Crippen LogP contribution >= 0.6 is 0 Å². The SMILES string of the molecule is CC(C)N(CCO)Cc1nnc(C(C)(C)C)o1. The molecule has 0 spiro atoms. The molecule has 1 aromatic rings. The summed E-state index contributed by atoms with van der Waals surface area (Å²) in [7, 11) is 0. The van der Waals surface area contributed by atoms with Crippen LogP contribution in [0.3, 0.4) is 0 Å². The number of aromatic nitrogens is 2. The molecular weight excluding hydrogens is 218 g/mol. The van der Waals surface area contributed by atoms with Gasteiger partial charge in [-0.1, -0.05) is 20.8 Å². The van der Waals surface area contributed by atoms with E-state index in [0.29, 0.717) is 30.9 Å². The van der Waals surface area contributed by atoms with Crippen LogP contribution in [0.15, 0.2) is 4.42 Å². The maximum absolute atomic E-state index is 8.99. The fraction of sp³-hybridized carbons (Fsp3) is 0.833. The zero-order valence-electron chi connectivity index (χ0n) is 11.4. The molecule has 0 saturated carbocycles. The molecule has 0 radical (unpaired) electrons. The van der Waals surface area contributed by atoms with Crippen LogP contribution in [0, 0.1) is 0 Å². The van der Waals surface area contributed by atoms with E-state index in [1.165, 1.54) is 0 Å². The van der Waals surface area contributed by atoms with Crippen LogP contribution in [0.5, 0.6) is 0 Å². The number of aliphatic hydroxyl groups excluding tert-OH is 1. The van der Waals surface area contributed by atoms with E-state index >= 15 is 0 Å². The van der Waals surface area contributed by atoms with Crippen LogP contribution in [-0.2, 0) is 12.0 Å². The van der Waals surface area contributed by atoms with Gasteiger partial charge in [-0.2, -0.15) is 0 Å². The van der Waals surface area contributed by atoms with Crippen LogP contribution in [0.25, 0.3) is 0 Å². The molecule has 1 heterocycles.